The minimum absolute atomic E-state index is 0.0498. The van der Waals surface area contributed by atoms with E-state index in [1.54, 1.807) is 13.8 Å². The molecule has 0 bridgehead atoms. The largest absolute Gasteiger partial charge is 0.459 e. The van der Waals surface area contributed by atoms with Crippen molar-refractivity contribution in [3.63, 3.8) is 0 Å². The SMILES string of the molecule is CCOP(=O)(CC(=O)O[C@@H](CC=O)[C@H]1O[C@@H](n2ccc(NC(C)=O)nc2=O)[C@H](O[Si](C)(C)C(C)(C)C)[C@@H]1O[Si](C)(C)C(C)(C)C)OCC. The molecule has 0 aliphatic carbocycles. The van der Waals surface area contributed by atoms with Gasteiger partial charge < -0.3 is 37.5 Å². The second-order valence-corrected chi connectivity index (χ2v) is 26.5. The van der Waals surface area contributed by atoms with Crippen LogP contribution in [-0.2, 0) is 46.3 Å². The van der Waals surface area contributed by atoms with Crippen molar-refractivity contribution in [2.45, 2.75) is 136 Å². The molecule has 14 nitrogen and oxygen atoms in total. The Kier molecular flexibility index (Phi) is 14.3. The van der Waals surface area contributed by atoms with Gasteiger partial charge in [0.1, 0.15) is 42.7 Å². The van der Waals surface area contributed by atoms with E-state index in [0.717, 1.165) is 0 Å². The van der Waals surface area contributed by atoms with Gasteiger partial charge >= 0.3 is 19.3 Å². The number of ether oxygens (including phenoxy) is 2. The maximum Gasteiger partial charge on any atom is 0.351 e. The predicted octanol–water partition coefficient (Wildman–Crippen LogP) is 5.65. The van der Waals surface area contributed by atoms with E-state index in [4.69, 9.17) is 27.4 Å². The van der Waals surface area contributed by atoms with Crippen LogP contribution in [0.15, 0.2) is 17.1 Å². The molecule has 1 saturated heterocycles. The lowest BCUT2D eigenvalue weighted by Crippen LogP contribution is -2.55. The fourth-order valence-electron chi connectivity index (χ4n) is 4.57. The molecule has 2 heterocycles. The van der Waals surface area contributed by atoms with Crippen LogP contribution in [0, 0.1) is 0 Å². The fraction of sp³-hybridized carbons (Fsp3) is 0.774. The molecule has 1 aliphatic rings. The third-order valence-electron chi connectivity index (χ3n) is 9.06. The number of anilines is 1. The zero-order valence-corrected chi connectivity index (χ0v) is 33.7. The number of hydrogen-bond donors (Lipinski definition) is 1. The van der Waals surface area contributed by atoms with E-state index < -0.39 is 78.6 Å². The number of rotatable bonds is 16. The Morgan fingerprint density at radius 1 is 1.02 bits per heavy atom. The lowest BCUT2D eigenvalue weighted by atomic mass is 10.0. The number of aldehydes is 1. The molecule has 48 heavy (non-hydrogen) atoms. The average molecular weight is 734 g/mol. The van der Waals surface area contributed by atoms with Crippen molar-refractivity contribution in [2.75, 3.05) is 24.7 Å². The summed E-state index contributed by atoms with van der Waals surface area (Å²) in [5.74, 6) is -1.24. The molecule has 0 spiro atoms. The summed E-state index contributed by atoms with van der Waals surface area (Å²) in [6.07, 6.45) is -4.13. The van der Waals surface area contributed by atoms with Crippen molar-refractivity contribution in [3.8, 4) is 0 Å². The highest BCUT2D eigenvalue weighted by Gasteiger charge is 2.57. The maximum absolute atomic E-state index is 13.5. The minimum atomic E-state index is -3.82. The Balaban J connectivity index is 2.76. The number of nitrogens with one attached hydrogen (secondary N) is 1. The van der Waals surface area contributed by atoms with E-state index in [2.05, 4.69) is 78.0 Å². The zero-order chi connectivity index (χ0) is 36.9. The molecule has 2 rings (SSSR count). The summed E-state index contributed by atoms with van der Waals surface area (Å²) < 4.78 is 51.4. The molecule has 5 atom stereocenters. The zero-order valence-electron chi connectivity index (χ0n) is 30.8. The molecule has 274 valence electrons. The van der Waals surface area contributed by atoms with Gasteiger partial charge in [-0.05, 0) is 56.2 Å². The van der Waals surface area contributed by atoms with Crippen molar-refractivity contribution >= 4 is 48.2 Å². The first-order chi connectivity index (χ1) is 21.9. The van der Waals surface area contributed by atoms with Gasteiger partial charge in [-0.1, -0.05) is 41.5 Å². The number of carbonyl (C=O) groups is 3. The Bertz CT molecular complexity index is 1380. The van der Waals surface area contributed by atoms with Crippen LogP contribution >= 0.6 is 7.60 Å². The summed E-state index contributed by atoms with van der Waals surface area (Å²) in [5.41, 5.74) is -0.722. The molecule has 1 aromatic heterocycles. The van der Waals surface area contributed by atoms with Gasteiger partial charge in [0.25, 0.3) is 0 Å². The molecule has 0 radical (unpaired) electrons. The quantitative estimate of drug-likeness (QED) is 0.0961. The number of hydrogen-bond acceptors (Lipinski definition) is 12. The Morgan fingerprint density at radius 2 is 1.54 bits per heavy atom. The van der Waals surface area contributed by atoms with E-state index in [0.29, 0.717) is 6.29 Å². The molecule has 1 aromatic rings. The van der Waals surface area contributed by atoms with Gasteiger partial charge in [0.05, 0.1) is 13.2 Å². The smallest absolute Gasteiger partial charge is 0.351 e. The molecule has 0 aromatic carbocycles. The minimum Gasteiger partial charge on any atom is -0.459 e. The normalized spacial score (nSPS) is 21.5. The van der Waals surface area contributed by atoms with E-state index in [9.17, 15) is 23.7 Å². The van der Waals surface area contributed by atoms with Crippen molar-refractivity contribution in [1.29, 1.82) is 0 Å². The van der Waals surface area contributed by atoms with Crippen LogP contribution in [-0.4, -0.2) is 88.1 Å². The highest BCUT2D eigenvalue weighted by atomic mass is 31.2. The average Bonchev–Trinajstić information content (AvgIpc) is 3.23. The molecule has 0 unspecified atom stereocenters. The lowest BCUT2D eigenvalue weighted by Gasteiger charge is -2.44. The molecule has 1 amide bonds. The summed E-state index contributed by atoms with van der Waals surface area (Å²) in [6.45, 7) is 25.3. The third-order valence-corrected chi connectivity index (χ3v) is 20.0. The van der Waals surface area contributed by atoms with Crippen LogP contribution in [0.1, 0.15) is 75.0 Å². The number of amides is 1. The second-order valence-electron chi connectivity index (χ2n) is 14.9. The highest BCUT2D eigenvalue weighted by Crippen LogP contribution is 2.49. The van der Waals surface area contributed by atoms with E-state index in [-0.39, 0.29) is 35.5 Å². The summed E-state index contributed by atoms with van der Waals surface area (Å²) >= 11 is 0. The fourth-order valence-corrected chi connectivity index (χ4v) is 8.59. The monoisotopic (exact) mass is 733 g/mol. The topological polar surface area (TPSA) is 171 Å². The van der Waals surface area contributed by atoms with Crippen LogP contribution in [0.3, 0.4) is 0 Å². The van der Waals surface area contributed by atoms with Crippen molar-refractivity contribution in [3.05, 3.63) is 22.7 Å². The van der Waals surface area contributed by atoms with E-state index >= 15 is 0 Å². The van der Waals surface area contributed by atoms with Gasteiger partial charge in [0, 0.05) is 19.5 Å². The molecule has 0 saturated carbocycles. The van der Waals surface area contributed by atoms with Crippen molar-refractivity contribution < 1.29 is 46.3 Å². The lowest BCUT2D eigenvalue weighted by molar-refractivity contribution is -0.160. The van der Waals surface area contributed by atoms with Crippen LogP contribution in [0.4, 0.5) is 5.82 Å². The predicted molar refractivity (Wildman–Crippen MR) is 187 cm³/mol. The second kappa shape index (κ2) is 16.3. The first-order valence-corrected chi connectivity index (χ1v) is 23.9. The first-order valence-electron chi connectivity index (χ1n) is 16.3. The summed E-state index contributed by atoms with van der Waals surface area (Å²) in [6, 6.07) is 1.47. The number of nitrogens with zero attached hydrogens (tertiary/aromatic N) is 2. The molecular formula is C31H56N3O11PSi2. The highest BCUT2D eigenvalue weighted by molar-refractivity contribution is 7.54. The molecule has 1 aliphatic heterocycles. The maximum atomic E-state index is 13.5. The van der Waals surface area contributed by atoms with Gasteiger partial charge in [-0.3, -0.25) is 18.7 Å². The standard InChI is InChI=1S/C31H56N3O11PSi2/c1-14-40-46(39,41-15-2)20-24(37)42-22(17-19-35)25-26(44-47(10,11)30(4,5)6)27(45-48(12,13)31(7,8)9)28(43-25)34-18-16-23(32-21(3)36)33-29(34)38/h16,18-19,22,25-28H,14-15,17,20H2,1-13H3,(H,32,33,36,38)/t22-,25+,26+,27+,28+/m0/s1. The van der Waals surface area contributed by atoms with Gasteiger partial charge in [-0.15, -0.1) is 0 Å². The van der Waals surface area contributed by atoms with E-state index in [1.165, 1.54) is 23.8 Å². The third kappa shape index (κ3) is 10.7. The summed E-state index contributed by atoms with van der Waals surface area (Å²) in [5, 5.41) is 1.97. The molecule has 1 N–H and O–H groups in total. The van der Waals surface area contributed by atoms with Crippen LogP contribution in [0.25, 0.3) is 0 Å². The van der Waals surface area contributed by atoms with Crippen LogP contribution in [0.5, 0.6) is 0 Å². The number of carbonyl (C=O) groups excluding carboxylic acids is 3. The molecule has 17 heteroatoms. The Hall–Kier alpha value is -2.05. The van der Waals surface area contributed by atoms with Crippen LogP contribution in [0.2, 0.25) is 36.3 Å². The van der Waals surface area contributed by atoms with Gasteiger partial charge in [0.15, 0.2) is 22.9 Å². The Labute approximate surface area is 286 Å². The Morgan fingerprint density at radius 3 is 1.98 bits per heavy atom. The summed E-state index contributed by atoms with van der Waals surface area (Å²) in [7, 11) is -9.05. The van der Waals surface area contributed by atoms with Gasteiger partial charge in [-0.2, -0.15) is 4.98 Å². The van der Waals surface area contributed by atoms with Crippen molar-refractivity contribution in [1.82, 2.24) is 9.55 Å². The van der Waals surface area contributed by atoms with Gasteiger partial charge in [0.2, 0.25) is 5.91 Å². The molecular weight excluding hydrogens is 677 g/mol. The van der Waals surface area contributed by atoms with Crippen LogP contribution < -0.4 is 11.0 Å². The first kappa shape index (κ1) is 42.1. The molecule has 1 fully saturated rings. The van der Waals surface area contributed by atoms with Gasteiger partial charge in [-0.25, -0.2) is 4.79 Å². The number of aromatic nitrogens is 2. The summed E-state index contributed by atoms with van der Waals surface area (Å²) in [4.78, 5) is 54.5. The van der Waals surface area contributed by atoms with Crippen molar-refractivity contribution in [2.24, 2.45) is 0 Å². The van der Waals surface area contributed by atoms with E-state index in [1.807, 2.05) is 0 Å². The number of esters is 1.